The lowest BCUT2D eigenvalue weighted by molar-refractivity contribution is -0.118. The monoisotopic (exact) mass is 495 g/mol. The van der Waals surface area contributed by atoms with Gasteiger partial charge in [-0.25, -0.2) is 4.98 Å². The number of amides is 1. The van der Waals surface area contributed by atoms with Gasteiger partial charge in [-0.1, -0.05) is 48.2 Å². The summed E-state index contributed by atoms with van der Waals surface area (Å²) < 4.78 is 12.1. The first-order valence-electron chi connectivity index (χ1n) is 10.7. The van der Waals surface area contributed by atoms with Crippen LogP contribution in [0.25, 0.3) is 21.3 Å². The van der Waals surface area contributed by atoms with Crippen LogP contribution in [0.15, 0.2) is 63.9 Å². The number of carbonyl (C=O) groups is 1. The molecular formula is C25H25N3O4S2. The van der Waals surface area contributed by atoms with Gasteiger partial charge in [0.25, 0.3) is 5.56 Å². The Morgan fingerprint density at radius 2 is 1.88 bits per heavy atom. The summed E-state index contributed by atoms with van der Waals surface area (Å²) in [6, 6.07) is 15.5. The number of methoxy groups -OCH3 is 2. The topological polar surface area (TPSA) is 82.5 Å². The predicted octanol–water partition coefficient (Wildman–Crippen LogP) is 4.13. The number of aromatic nitrogens is 2. The first kappa shape index (κ1) is 23.8. The maximum absolute atomic E-state index is 13.1. The number of nitrogens with one attached hydrogen (secondary N) is 1. The molecule has 2 heterocycles. The van der Waals surface area contributed by atoms with E-state index in [-0.39, 0.29) is 17.2 Å². The molecule has 1 amide bonds. The smallest absolute Gasteiger partial charge is 0.263 e. The van der Waals surface area contributed by atoms with E-state index in [1.165, 1.54) is 27.7 Å². The number of thiophene rings is 1. The minimum absolute atomic E-state index is 0.110. The van der Waals surface area contributed by atoms with Crippen molar-refractivity contribution in [3.8, 4) is 22.6 Å². The van der Waals surface area contributed by atoms with E-state index in [0.717, 1.165) is 16.7 Å². The summed E-state index contributed by atoms with van der Waals surface area (Å²) >= 11 is 2.70. The van der Waals surface area contributed by atoms with Gasteiger partial charge < -0.3 is 14.8 Å². The van der Waals surface area contributed by atoms with Crippen LogP contribution >= 0.6 is 23.1 Å². The Bertz CT molecular complexity index is 1370. The van der Waals surface area contributed by atoms with Gasteiger partial charge >= 0.3 is 0 Å². The number of rotatable bonds is 9. The van der Waals surface area contributed by atoms with Crippen LogP contribution in [0.3, 0.4) is 0 Å². The number of hydrogen-bond acceptors (Lipinski definition) is 7. The van der Waals surface area contributed by atoms with Gasteiger partial charge in [-0.2, -0.15) is 0 Å². The fraction of sp³-hybridized carbons (Fsp3) is 0.240. The molecule has 4 rings (SSSR count). The maximum atomic E-state index is 13.1. The van der Waals surface area contributed by atoms with Gasteiger partial charge in [0.2, 0.25) is 5.91 Å². The highest BCUT2D eigenvalue weighted by molar-refractivity contribution is 7.99. The molecule has 0 unspecified atom stereocenters. The molecule has 0 aliphatic rings. The number of nitrogens with zero attached hydrogens (tertiary/aromatic N) is 2. The van der Waals surface area contributed by atoms with E-state index in [2.05, 4.69) is 10.3 Å². The second-order valence-corrected chi connectivity index (χ2v) is 9.33. The number of fused-ring (bicyclic) bond motifs is 1. The summed E-state index contributed by atoms with van der Waals surface area (Å²) in [4.78, 5) is 30.8. The number of benzene rings is 2. The third kappa shape index (κ3) is 5.10. The molecular weight excluding hydrogens is 470 g/mol. The molecule has 2 aromatic carbocycles. The van der Waals surface area contributed by atoms with Gasteiger partial charge in [-0.05, 0) is 29.7 Å². The van der Waals surface area contributed by atoms with Crippen molar-refractivity contribution in [3.05, 3.63) is 69.8 Å². The van der Waals surface area contributed by atoms with Crippen LogP contribution in [-0.4, -0.2) is 42.0 Å². The lowest BCUT2D eigenvalue weighted by Gasteiger charge is -2.10. The van der Waals surface area contributed by atoms with Crippen LogP contribution in [0.2, 0.25) is 0 Å². The largest absolute Gasteiger partial charge is 0.493 e. The third-order valence-electron chi connectivity index (χ3n) is 5.38. The zero-order valence-electron chi connectivity index (χ0n) is 19.2. The Labute approximate surface area is 205 Å². The second kappa shape index (κ2) is 10.8. The molecule has 0 radical (unpaired) electrons. The Kier molecular flexibility index (Phi) is 7.54. The number of thioether (sulfide) groups is 1. The standard InChI is InChI=1S/C25H25N3O4S2/c1-28-24(30)22-18(17-7-5-4-6-8-17)14-33-23(22)27-25(28)34-15-21(29)26-12-11-16-9-10-19(31-2)20(13-16)32-3/h4-10,13-14H,11-12,15H2,1-3H3,(H,26,29). The van der Waals surface area contributed by atoms with Gasteiger partial charge in [0.05, 0.1) is 25.4 Å². The second-order valence-electron chi connectivity index (χ2n) is 7.53. The fourth-order valence-electron chi connectivity index (χ4n) is 3.58. The van der Waals surface area contributed by atoms with Gasteiger partial charge in [-0.3, -0.25) is 14.2 Å². The van der Waals surface area contributed by atoms with E-state index >= 15 is 0 Å². The van der Waals surface area contributed by atoms with Crippen molar-refractivity contribution in [1.82, 2.24) is 14.9 Å². The molecule has 0 spiro atoms. The van der Waals surface area contributed by atoms with Crippen LogP contribution in [-0.2, 0) is 18.3 Å². The molecule has 0 aliphatic heterocycles. The molecule has 2 aromatic heterocycles. The summed E-state index contributed by atoms with van der Waals surface area (Å²) in [5.74, 6) is 1.39. The zero-order valence-corrected chi connectivity index (χ0v) is 20.8. The molecule has 0 saturated heterocycles. The van der Waals surface area contributed by atoms with Crippen LogP contribution in [0.1, 0.15) is 5.56 Å². The third-order valence-corrected chi connectivity index (χ3v) is 7.28. The fourth-order valence-corrected chi connectivity index (χ4v) is 5.37. The Balaban J connectivity index is 1.38. The molecule has 34 heavy (non-hydrogen) atoms. The quantitative estimate of drug-likeness (QED) is 0.278. The highest BCUT2D eigenvalue weighted by atomic mass is 32.2. The van der Waals surface area contributed by atoms with Crippen LogP contribution in [0.4, 0.5) is 0 Å². The summed E-state index contributed by atoms with van der Waals surface area (Å²) in [7, 11) is 4.88. The molecule has 0 fully saturated rings. The van der Waals surface area contributed by atoms with Gasteiger partial charge in [0.15, 0.2) is 16.7 Å². The molecule has 0 bridgehead atoms. The van der Waals surface area contributed by atoms with Crippen molar-refractivity contribution in [2.45, 2.75) is 11.6 Å². The van der Waals surface area contributed by atoms with Crippen molar-refractivity contribution < 1.29 is 14.3 Å². The average molecular weight is 496 g/mol. The van der Waals surface area contributed by atoms with Gasteiger partial charge in [0, 0.05) is 24.5 Å². The number of hydrogen-bond donors (Lipinski definition) is 1. The first-order chi connectivity index (χ1) is 16.5. The minimum Gasteiger partial charge on any atom is -0.493 e. The van der Waals surface area contributed by atoms with Crippen LogP contribution in [0, 0.1) is 0 Å². The Morgan fingerprint density at radius 3 is 2.62 bits per heavy atom. The average Bonchev–Trinajstić information content (AvgIpc) is 3.29. The molecule has 9 heteroatoms. The van der Waals surface area contributed by atoms with Crippen molar-refractivity contribution >= 4 is 39.2 Å². The van der Waals surface area contributed by atoms with E-state index in [4.69, 9.17) is 9.47 Å². The molecule has 0 aliphatic carbocycles. The molecule has 176 valence electrons. The summed E-state index contributed by atoms with van der Waals surface area (Å²) in [6.07, 6.45) is 0.664. The van der Waals surface area contributed by atoms with Crippen molar-refractivity contribution in [1.29, 1.82) is 0 Å². The lowest BCUT2D eigenvalue weighted by Crippen LogP contribution is -2.28. The van der Waals surface area contributed by atoms with Gasteiger partial charge in [0.1, 0.15) is 4.83 Å². The van der Waals surface area contributed by atoms with E-state index in [1.807, 2.05) is 53.9 Å². The van der Waals surface area contributed by atoms with E-state index in [9.17, 15) is 9.59 Å². The van der Waals surface area contributed by atoms with Gasteiger partial charge in [-0.15, -0.1) is 11.3 Å². The van der Waals surface area contributed by atoms with E-state index in [1.54, 1.807) is 21.3 Å². The number of ether oxygens (including phenoxy) is 2. The summed E-state index contributed by atoms with van der Waals surface area (Å²) in [5, 5.41) is 6.02. The van der Waals surface area contributed by atoms with E-state index in [0.29, 0.717) is 39.8 Å². The van der Waals surface area contributed by atoms with Crippen LogP contribution < -0.4 is 20.3 Å². The molecule has 7 nitrogen and oxygen atoms in total. The lowest BCUT2D eigenvalue weighted by atomic mass is 10.1. The molecule has 1 N–H and O–H groups in total. The SMILES string of the molecule is COc1ccc(CCNC(=O)CSc2nc3scc(-c4ccccc4)c3c(=O)n2C)cc1OC. The molecule has 4 aromatic rings. The van der Waals surface area contributed by atoms with Crippen molar-refractivity contribution in [2.75, 3.05) is 26.5 Å². The number of carbonyl (C=O) groups excluding carboxylic acids is 1. The maximum Gasteiger partial charge on any atom is 0.263 e. The zero-order chi connectivity index (χ0) is 24.1. The normalized spacial score (nSPS) is 10.9. The Hall–Kier alpha value is -3.30. The minimum atomic E-state index is -0.115. The Morgan fingerprint density at radius 1 is 1.12 bits per heavy atom. The highest BCUT2D eigenvalue weighted by Crippen LogP contribution is 2.32. The molecule has 0 atom stereocenters. The van der Waals surface area contributed by atoms with E-state index < -0.39 is 0 Å². The summed E-state index contributed by atoms with van der Waals surface area (Å²) in [5.41, 5.74) is 2.80. The first-order valence-corrected chi connectivity index (χ1v) is 12.5. The summed E-state index contributed by atoms with van der Waals surface area (Å²) in [6.45, 7) is 0.492. The van der Waals surface area contributed by atoms with Crippen molar-refractivity contribution in [3.63, 3.8) is 0 Å². The molecule has 0 saturated carbocycles. The van der Waals surface area contributed by atoms with Crippen molar-refractivity contribution in [2.24, 2.45) is 7.05 Å². The highest BCUT2D eigenvalue weighted by Gasteiger charge is 2.16. The predicted molar refractivity (Wildman–Crippen MR) is 137 cm³/mol. The van der Waals surface area contributed by atoms with Crippen LogP contribution in [0.5, 0.6) is 11.5 Å².